The number of nitrogens with one attached hydrogen (secondary N) is 2. The Kier molecular flexibility index (Phi) is 4.58. The number of hydrogen-bond acceptors (Lipinski definition) is 2. The minimum Gasteiger partial charge on any atom is -0.364 e. The van der Waals surface area contributed by atoms with Crippen LogP contribution in [0.2, 0.25) is 0 Å². The number of alkyl halides is 1. The second-order valence-corrected chi connectivity index (χ2v) is 4.86. The Balaban J connectivity index is 2.13. The van der Waals surface area contributed by atoms with Gasteiger partial charge in [0.15, 0.2) is 5.43 Å². The molecule has 0 spiro atoms. The first-order valence-corrected chi connectivity index (χ1v) is 6.79. The largest absolute Gasteiger partial charge is 0.364 e. The predicted molar refractivity (Wildman–Crippen MR) is 80.6 cm³/mol. The molecule has 4 nitrogen and oxygen atoms in total. The molecule has 1 amide bonds. The number of rotatable bonds is 4. The van der Waals surface area contributed by atoms with Crippen LogP contribution in [0.1, 0.15) is 21.6 Å². The summed E-state index contributed by atoms with van der Waals surface area (Å²) in [5.74, 6) is 0.140. The lowest BCUT2D eigenvalue weighted by Gasteiger charge is -2.06. The fourth-order valence-electron chi connectivity index (χ4n) is 1.81. The Hall–Kier alpha value is -2.07. The molecule has 2 rings (SSSR count). The van der Waals surface area contributed by atoms with Gasteiger partial charge in [-0.15, -0.1) is 11.6 Å². The molecular weight excluding hydrogens is 276 g/mol. The van der Waals surface area contributed by atoms with Crippen molar-refractivity contribution in [1.29, 1.82) is 0 Å². The molecule has 0 saturated carbocycles. The fraction of sp³-hybridized carbons (Fsp3) is 0.200. The molecule has 0 atom stereocenters. The summed E-state index contributed by atoms with van der Waals surface area (Å²) >= 11 is 5.66. The van der Waals surface area contributed by atoms with E-state index in [4.69, 9.17) is 11.6 Å². The third-order valence-electron chi connectivity index (χ3n) is 2.90. The summed E-state index contributed by atoms with van der Waals surface area (Å²) in [6.45, 7) is 1.76. The van der Waals surface area contributed by atoms with Crippen LogP contribution in [0.15, 0.2) is 41.3 Å². The molecule has 0 fully saturated rings. The number of aromatic amines is 1. The zero-order valence-electron chi connectivity index (χ0n) is 11.1. The quantitative estimate of drug-likeness (QED) is 0.851. The standard InChI is InChI=1S/C15H15ClN2O2/c1-10-8-14(19)13(9-17-10)15(20)18-12-4-2-11(3-5-12)6-7-16/h2-5,8-9H,6-7H2,1H3,(H,17,19)(H,18,20). The van der Waals surface area contributed by atoms with Crippen molar-refractivity contribution in [3.05, 3.63) is 63.6 Å². The van der Waals surface area contributed by atoms with Crippen molar-refractivity contribution < 1.29 is 4.79 Å². The maximum Gasteiger partial charge on any atom is 0.261 e. The number of amides is 1. The number of carbonyl (C=O) groups is 1. The lowest BCUT2D eigenvalue weighted by atomic mass is 10.1. The zero-order chi connectivity index (χ0) is 14.5. The molecule has 104 valence electrons. The highest BCUT2D eigenvalue weighted by Gasteiger charge is 2.10. The molecule has 2 N–H and O–H groups in total. The minimum absolute atomic E-state index is 0.0976. The van der Waals surface area contributed by atoms with E-state index in [-0.39, 0.29) is 11.0 Å². The van der Waals surface area contributed by atoms with E-state index in [0.29, 0.717) is 11.6 Å². The lowest BCUT2D eigenvalue weighted by molar-refractivity contribution is 0.102. The van der Waals surface area contributed by atoms with E-state index in [1.54, 1.807) is 19.1 Å². The smallest absolute Gasteiger partial charge is 0.261 e. The molecule has 2 aromatic rings. The average molecular weight is 291 g/mol. The normalized spacial score (nSPS) is 10.3. The fourth-order valence-corrected chi connectivity index (χ4v) is 2.03. The Morgan fingerprint density at radius 2 is 2.00 bits per heavy atom. The number of anilines is 1. The second-order valence-electron chi connectivity index (χ2n) is 4.48. The molecule has 0 aliphatic carbocycles. The van der Waals surface area contributed by atoms with Crippen LogP contribution in [0, 0.1) is 6.92 Å². The summed E-state index contributed by atoms with van der Waals surface area (Å²) in [5.41, 5.74) is 2.27. The van der Waals surface area contributed by atoms with Crippen LogP contribution >= 0.6 is 11.6 Å². The van der Waals surface area contributed by atoms with Crippen LogP contribution in [0.5, 0.6) is 0 Å². The Morgan fingerprint density at radius 1 is 1.30 bits per heavy atom. The summed E-state index contributed by atoms with van der Waals surface area (Å²) in [5, 5.41) is 2.70. The number of aromatic nitrogens is 1. The Bertz CT molecular complexity index is 662. The summed E-state index contributed by atoms with van der Waals surface area (Å²) in [4.78, 5) is 26.6. The SMILES string of the molecule is Cc1cc(=O)c(C(=O)Nc2ccc(CCCl)cc2)c[nH]1. The van der Waals surface area contributed by atoms with E-state index in [1.807, 2.05) is 12.1 Å². The van der Waals surface area contributed by atoms with Crippen molar-refractivity contribution >= 4 is 23.2 Å². The van der Waals surface area contributed by atoms with Crippen LogP contribution in [0.25, 0.3) is 0 Å². The third kappa shape index (κ3) is 3.48. The van der Waals surface area contributed by atoms with Crippen molar-refractivity contribution in [2.45, 2.75) is 13.3 Å². The molecular formula is C15H15ClN2O2. The number of hydrogen-bond donors (Lipinski definition) is 2. The summed E-state index contributed by atoms with van der Waals surface area (Å²) < 4.78 is 0. The van der Waals surface area contributed by atoms with Gasteiger partial charge >= 0.3 is 0 Å². The summed E-state index contributed by atoms with van der Waals surface area (Å²) in [7, 11) is 0. The van der Waals surface area contributed by atoms with E-state index in [1.165, 1.54) is 12.3 Å². The molecule has 0 saturated heterocycles. The number of aryl methyl sites for hydroxylation is 2. The molecule has 20 heavy (non-hydrogen) atoms. The van der Waals surface area contributed by atoms with E-state index >= 15 is 0 Å². The van der Waals surface area contributed by atoms with Gasteiger partial charge in [0.05, 0.1) is 0 Å². The van der Waals surface area contributed by atoms with Crippen LogP contribution in [-0.4, -0.2) is 16.8 Å². The predicted octanol–water partition coefficient (Wildman–Crippen LogP) is 2.72. The minimum atomic E-state index is -0.420. The molecule has 0 aliphatic rings. The van der Waals surface area contributed by atoms with Crippen LogP contribution in [-0.2, 0) is 6.42 Å². The first-order valence-electron chi connectivity index (χ1n) is 6.26. The van der Waals surface area contributed by atoms with Gasteiger partial charge in [0.1, 0.15) is 5.56 Å². The number of carbonyl (C=O) groups excluding carboxylic acids is 1. The van der Waals surface area contributed by atoms with Gasteiger partial charge in [0.2, 0.25) is 0 Å². The van der Waals surface area contributed by atoms with Crippen molar-refractivity contribution in [3.8, 4) is 0 Å². The van der Waals surface area contributed by atoms with Gasteiger partial charge in [-0.1, -0.05) is 12.1 Å². The van der Waals surface area contributed by atoms with E-state index in [2.05, 4.69) is 10.3 Å². The van der Waals surface area contributed by atoms with E-state index in [0.717, 1.165) is 17.7 Å². The monoisotopic (exact) mass is 290 g/mol. The lowest BCUT2D eigenvalue weighted by Crippen LogP contribution is -2.21. The van der Waals surface area contributed by atoms with Crippen molar-refractivity contribution in [2.24, 2.45) is 0 Å². The van der Waals surface area contributed by atoms with Gasteiger partial charge in [-0.05, 0) is 31.0 Å². The molecule has 0 unspecified atom stereocenters. The van der Waals surface area contributed by atoms with E-state index < -0.39 is 5.91 Å². The van der Waals surface area contributed by atoms with Crippen molar-refractivity contribution in [1.82, 2.24) is 4.98 Å². The Morgan fingerprint density at radius 3 is 2.60 bits per heavy atom. The van der Waals surface area contributed by atoms with Gasteiger partial charge in [-0.2, -0.15) is 0 Å². The molecule has 1 aromatic carbocycles. The van der Waals surface area contributed by atoms with Gasteiger partial charge in [-0.3, -0.25) is 9.59 Å². The number of H-pyrrole nitrogens is 1. The maximum atomic E-state index is 12.0. The second kappa shape index (κ2) is 6.39. The summed E-state index contributed by atoms with van der Waals surface area (Å²) in [6, 6.07) is 8.79. The van der Waals surface area contributed by atoms with Crippen molar-refractivity contribution in [2.75, 3.05) is 11.2 Å². The number of benzene rings is 1. The molecule has 0 radical (unpaired) electrons. The highest BCUT2D eigenvalue weighted by atomic mass is 35.5. The summed E-state index contributed by atoms with van der Waals surface area (Å²) in [6.07, 6.45) is 2.21. The molecule has 0 bridgehead atoms. The Labute approximate surface area is 121 Å². The number of halogens is 1. The number of pyridine rings is 1. The van der Waals surface area contributed by atoms with Crippen LogP contribution < -0.4 is 10.7 Å². The van der Waals surface area contributed by atoms with Gasteiger partial charge in [0.25, 0.3) is 5.91 Å². The first-order chi connectivity index (χ1) is 9.60. The van der Waals surface area contributed by atoms with Crippen LogP contribution in [0.4, 0.5) is 5.69 Å². The highest BCUT2D eigenvalue weighted by Crippen LogP contribution is 2.11. The van der Waals surface area contributed by atoms with Gasteiger partial charge in [0, 0.05) is 29.5 Å². The van der Waals surface area contributed by atoms with Gasteiger partial charge in [-0.25, -0.2) is 0 Å². The third-order valence-corrected chi connectivity index (χ3v) is 3.09. The molecule has 0 aliphatic heterocycles. The molecule has 1 aromatic heterocycles. The van der Waals surface area contributed by atoms with E-state index in [9.17, 15) is 9.59 Å². The zero-order valence-corrected chi connectivity index (χ0v) is 11.8. The van der Waals surface area contributed by atoms with Gasteiger partial charge < -0.3 is 10.3 Å². The topological polar surface area (TPSA) is 62.0 Å². The molecule has 5 heteroatoms. The first kappa shape index (κ1) is 14.3. The van der Waals surface area contributed by atoms with Crippen LogP contribution in [0.3, 0.4) is 0 Å². The van der Waals surface area contributed by atoms with Crippen molar-refractivity contribution in [3.63, 3.8) is 0 Å². The average Bonchev–Trinajstić information content (AvgIpc) is 2.41. The maximum absolute atomic E-state index is 12.0. The molecule has 1 heterocycles. The highest BCUT2D eigenvalue weighted by molar-refractivity contribution is 6.18.